The number of Topliss-reactive ketones (excluding diaryl/α,β-unsaturated/α-hetero) is 1. The van der Waals surface area contributed by atoms with Crippen LogP contribution in [0.1, 0.15) is 41.7 Å². The Hall–Kier alpha value is -2.46. The first-order chi connectivity index (χ1) is 11.6. The van der Waals surface area contributed by atoms with Gasteiger partial charge >= 0.3 is 0 Å². The van der Waals surface area contributed by atoms with E-state index < -0.39 is 0 Å². The zero-order valence-electron chi connectivity index (χ0n) is 13.9. The molecule has 24 heavy (non-hydrogen) atoms. The van der Waals surface area contributed by atoms with Gasteiger partial charge in [0.25, 0.3) is 0 Å². The summed E-state index contributed by atoms with van der Waals surface area (Å²) in [4.78, 5) is 26.1. The maximum Gasteiger partial charge on any atom is 0.238 e. The van der Waals surface area contributed by atoms with Gasteiger partial charge in [0, 0.05) is 17.3 Å². The van der Waals surface area contributed by atoms with Crippen molar-refractivity contribution in [2.45, 2.75) is 25.8 Å². The summed E-state index contributed by atoms with van der Waals surface area (Å²) in [6.45, 7) is 2.82. The highest BCUT2D eigenvalue weighted by Crippen LogP contribution is 2.31. The van der Waals surface area contributed by atoms with Crippen LogP contribution in [0.4, 0.5) is 5.69 Å². The number of carbonyl (C=O) groups is 2. The fourth-order valence-corrected chi connectivity index (χ4v) is 3.27. The Morgan fingerprint density at radius 3 is 2.67 bits per heavy atom. The summed E-state index contributed by atoms with van der Waals surface area (Å²) in [6.07, 6.45) is 2.18. The number of anilines is 1. The zero-order chi connectivity index (χ0) is 16.9. The molecule has 1 heterocycles. The molecular weight excluding hydrogens is 300 g/mol. The molecule has 2 aromatic rings. The lowest BCUT2D eigenvalue weighted by atomic mass is 10.0. The molecule has 0 spiro atoms. The number of ketones is 1. The lowest BCUT2D eigenvalue weighted by molar-refractivity contribution is -0.117. The molecular formula is C20H22N2O2. The Labute approximate surface area is 142 Å². The Morgan fingerprint density at radius 2 is 1.92 bits per heavy atom. The smallest absolute Gasteiger partial charge is 0.238 e. The van der Waals surface area contributed by atoms with E-state index in [1.165, 1.54) is 12.5 Å². The summed E-state index contributed by atoms with van der Waals surface area (Å²) >= 11 is 0. The maximum absolute atomic E-state index is 12.4. The van der Waals surface area contributed by atoms with Crippen LogP contribution in [0.15, 0.2) is 54.6 Å². The van der Waals surface area contributed by atoms with Crippen molar-refractivity contribution in [1.29, 1.82) is 0 Å². The van der Waals surface area contributed by atoms with E-state index in [0.29, 0.717) is 23.8 Å². The fourth-order valence-electron chi connectivity index (χ4n) is 3.27. The zero-order valence-corrected chi connectivity index (χ0v) is 13.9. The SMILES string of the molecule is CC(=O)c1cccc(NC(=O)CN2CCCC2c2ccccc2)c1. The van der Waals surface area contributed by atoms with Crippen molar-refractivity contribution in [3.8, 4) is 0 Å². The number of amides is 1. The van der Waals surface area contributed by atoms with Crippen LogP contribution in [0.25, 0.3) is 0 Å². The third kappa shape index (κ3) is 3.89. The van der Waals surface area contributed by atoms with Crippen LogP contribution in [0, 0.1) is 0 Å². The molecule has 1 fully saturated rings. The van der Waals surface area contributed by atoms with E-state index in [9.17, 15) is 9.59 Å². The molecule has 1 aliphatic heterocycles. The highest BCUT2D eigenvalue weighted by molar-refractivity contribution is 5.97. The van der Waals surface area contributed by atoms with Gasteiger partial charge in [0.05, 0.1) is 6.54 Å². The quantitative estimate of drug-likeness (QED) is 0.855. The Bertz CT molecular complexity index is 727. The van der Waals surface area contributed by atoms with Crippen molar-refractivity contribution in [3.05, 3.63) is 65.7 Å². The van der Waals surface area contributed by atoms with Crippen molar-refractivity contribution in [1.82, 2.24) is 4.90 Å². The van der Waals surface area contributed by atoms with Gasteiger partial charge in [-0.1, -0.05) is 42.5 Å². The average Bonchev–Trinajstić information content (AvgIpc) is 3.03. The number of carbonyl (C=O) groups excluding carboxylic acids is 2. The van der Waals surface area contributed by atoms with Crippen molar-refractivity contribution >= 4 is 17.4 Å². The molecule has 1 N–H and O–H groups in total. The van der Waals surface area contributed by atoms with Crippen LogP contribution < -0.4 is 5.32 Å². The molecule has 1 unspecified atom stereocenters. The lowest BCUT2D eigenvalue weighted by Crippen LogP contribution is -2.32. The number of likely N-dealkylation sites (tertiary alicyclic amines) is 1. The van der Waals surface area contributed by atoms with Crippen LogP contribution in [0.5, 0.6) is 0 Å². The third-order valence-corrected chi connectivity index (χ3v) is 4.45. The van der Waals surface area contributed by atoms with Gasteiger partial charge in [-0.05, 0) is 44.0 Å². The summed E-state index contributed by atoms with van der Waals surface area (Å²) in [5, 5.41) is 2.90. The first-order valence-electron chi connectivity index (χ1n) is 8.33. The first-order valence-corrected chi connectivity index (χ1v) is 8.33. The minimum atomic E-state index is -0.0430. The molecule has 1 aliphatic rings. The number of benzene rings is 2. The van der Waals surface area contributed by atoms with Gasteiger partial charge in [-0.3, -0.25) is 14.5 Å². The normalized spacial score (nSPS) is 17.6. The van der Waals surface area contributed by atoms with Crippen LogP contribution >= 0.6 is 0 Å². The predicted molar refractivity (Wildman–Crippen MR) is 95.1 cm³/mol. The van der Waals surface area contributed by atoms with Crippen LogP contribution in [-0.4, -0.2) is 29.7 Å². The second-order valence-corrected chi connectivity index (χ2v) is 6.22. The van der Waals surface area contributed by atoms with Crippen LogP contribution in [-0.2, 0) is 4.79 Å². The fraction of sp³-hybridized carbons (Fsp3) is 0.300. The minimum absolute atomic E-state index is 0.00483. The first kappa shape index (κ1) is 16.4. The van der Waals surface area contributed by atoms with Crippen molar-refractivity contribution in [2.24, 2.45) is 0 Å². The van der Waals surface area contributed by atoms with Crippen molar-refractivity contribution in [2.75, 3.05) is 18.4 Å². The predicted octanol–water partition coefficient (Wildman–Crippen LogP) is 3.66. The summed E-state index contributed by atoms with van der Waals surface area (Å²) in [5.74, 6) is -0.0479. The van der Waals surface area contributed by atoms with Crippen LogP contribution in [0.3, 0.4) is 0 Å². The lowest BCUT2D eigenvalue weighted by Gasteiger charge is -2.24. The number of hydrogen-bond acceptors (Lipinski definition) is 3. The molecule has 4 heteroatoms. The molecule has 2 aromatic carbocycles. The van der Waals surface area contributed by atoms with Gasteiger partial charge < -0.3 is 5.32 Å². The van der Waals surface area contributed by atoms with Gasteiger partial charge in [-0.25, -0.2) is 0 Å². The third-order valence-electron chi connectivity index (χ3n) is 4.45. The van der Waals surface area contributed by atoms with E-state index in [1.807, 2.05) is 24.3 Å². The Kier molecular flexibility index (Phi) is 5.06. The summed E-state index contributed by atoms with van der Waals surface area (Å²) in [5.41, 5.74) is 2.54. The van der Waals surface area contributed by atoms with Gasteiger partial charge in [-0.15, -0.1) is 0 Å². The highest BCUT2D eigenvalue weighted by atomic mass is 16.2. The van der Waals surface area contributed by atoms with Crippen molar-refractivity contribution < 1.29 is 9.59 Å². The second kappa shape index (κ2) is 7.41. The molecule has 0 aliphatic carbocycles. The maximum atomic E-state index is 12.4. The monoisotopic (exact) mass is 322 g/mol. The van der Waals surface area contributed by atoms with E-state index in [1.54, 1.807) is 18.2 Å². The Morgan fingerprint density at radius 1 is 1.12 bits per heavy atom. The second-order valence-electron chi connectivity index (χ2n) is 6.22. The molecule has 0 bridgehead atoms. The molecule has 0 radical (unpaired) electrons. The topological polar surface area (TPSA) is 49.4 Å². The molecule has 1 atom stereocenters. The molecule has 3 rings (SSSR count). The molecule has 4 nitrogen and oxygen atoms in total. The van der Waals surface area contributed by atoms with E-state index in [4.69, 9.17) is 0 Å². The number of nitrogens with one attached hydrogen (secondary N) is 1. The number of nitrogens with zero attached hydrogens (tertiary/aromatic N) is 1. The van der Waals surface area contributed by atoms with Crippen molar-refractivity contribution in [3.63, 3.8) is 0 Å². The van der Waals surface area contributed by atoms with E-state index in [0.717, 1.165) is 19.4 Å². The van der Waals surface area contributed by atoms with E-state index in [-0.39, 0.29) is 11.7 Å². The van der Waals surface area contributed by atoms with Crippen LogP contribution in [0.2, 0.25) is 0 Å². The largest absolute Gasteiger partial charge is 0.325 e. The highest BCUT2D eigenvalue weighted by Gasteiger charge is 2.27. The molecule has 1 amide bonds. The molecule has 0 aromatic heterocycles. The average molecular weight is 322 g/mol. The molecule has 0 saturated carbocycles. The summed E-state index contributed by atoms with van der Waals surface area (Å²) < 4.78 is 0. The molecule has 1 saturated heterocycles. The van der Waals surface area contributed by atoms with Gasteiger partial charge in [0.1, 0.15) is 0 Å². The molecule has 124 valence electrons. The van der Waals surface area contributed by atoms with E-state index in [2.05, 4.69) is 22.3 Å². The standard InChI is InChI=1S/C20H22N2O2/c1-15(23)17-9-5-10-18(13-17)21-20(24)14-22-12-6-11-19(22)16-7-3-2-4-8-16/h2-5,7-10,13,19H,6,11-12,14H2,1H3,(H,21,24). The number of rotatable bonds is 5. The summed E-state index contributed by atoms with van der Waals surface area (Å²) in [7, 11) is 0. The van der Waals surface area contributed by atoms with Gasteiger partial charge in [0.2, 0.25) is 5.91 Å². The van der Waals surface area contributed by atoms with Gasteiger partial charge in [0.15, 0.2) is 5.78 Å². The minimum Gasteiger partial charge on any atom is -0.325 e. The number of hydrogen-bond donors (Lipinski definition) is 1. The Balaban J connectivity index is 1.64. The van der Waals surface area contributed by atoms with E-state index >= 15 is 0 Å². The summed E-state index contributed by atoms with van der Waals surface area (Å²) in [6, 6.07) is 17.7. The van der Waals surface area contributed by atoms with Gasteiger partial charge in [-0.2, -0.15) is 0 Å².